The molecule has 0 fully saturated rings. The van der Waals surface area contributed by atoms with Gasteiger partial charge in [-0.1, -0.05) is 24.1 Å². The number of rotatable bonds is 4. The fourth-order valence-corrected chi connectivity index (χ4v) is 3.72. The lowest BCUT2D eigenvalue weighted by atomic mass is 9.97. The topological polar surface area (TPSA) is 81.2 Å². The quantitative estimate of drug-likeness (QED) is 0.701. The van der Waals surface area contributed by atoms with Crippen LogP contribution >= 0.6 is 0 Å². The minimum absolute atomic E-state index is 0.149. The number of allylic oxidation sites excluding steroid dienone is 1. The molecular weight excluding hydrogens is 367 g/mol. The Kier molecular flexibility index (Phi) is 4.74. The van der Waals surface area contributed by atoms with Crippen LogP contribution in [0.25, 0.3) is 16.6 Å². The van der Waals surface area contributed by atoms with Crippen molar-refractivity contribution in [2.45, 2.75) is 0 Å². The maximum Gasteiger partial charge on any atom is 0.310 e. The number of nitrogens with zero attached hydrogens (tertiary/aromatic N) is 3. The zero-order chi connectivity index (χ0) is 19.8. The molecule has 0 aliphatic carbocycles. The van der Waals surface area contributed by atoms with Gasteiger partial charge in [0.1, 0.15) is 5.82 Å². The normalized spacial score (nSPS) is 12.5. The number of halogens is 1. The van der Waals surface area contributed by atoms with Crippen LogP contribution in [-0.2, 0) is 10.2 Å². The predicted molar refractivity (Wildman–Crippen MR) is 104 cm³/mol. The van der Waals surface area contributed by atoms with Gasteiger partial charge in [-0.3, -0.25) is 0 Å². The third kappa shape index (κ3) is 3.30. The summed E-state index contributed by atoms with van der Waals surface area (Å²) in [4.78, 5) is 4.11. The largest absolute Gasteiger partial charge is 0.368 e. The summed E-state index contributed by atoms with van der Waals surface area (Å²) in [6.07, 6.45) is 6.94. The minimum Gasteiger partial charge on any atom is -0.368 e. The van der Waals surface area contributed by atoms with E-state index in [9.17, 15) is 12.8 Å². The van der Waals surface area contributed by atoms with E-state index in [-0.39, 0.29) is 5.95 Å². The fraction of sp³-hybridized carbons (Fsp3) is 0.105. The van der Waals surface area contributed by atoms with E-state index in [1.165, 1.54) is 32.3 Å². The van der Waals surface area contributed by atoms with Gasteiger partial charge in [0.05, 0.1) is 11.0 Å². The van der Waals surface area contributed by atoms with Gasteiger partial charge >= 0.3 is 10.2 Å². The van der Waals surface area contributed by atoms with E-state index in [0.29, 0.717) is 27.7 Å². The smallest absolute Gasteiger partial charge is 0.310 e. The summed E-state index contributed by atoms with van der Waals surface area (Å²) in [5.41, 5.74) is 8.32. The van der Waals surface area contributed by atoms with Crippen LogP contribution < -0.4 is 5.73 Å². The number of benzene rings is 2. The SMILES string of the molecule is C#C/C=C(/c1cccc(F)c1)c1ccc2nc(N)n(S(=O)(=O)N(C)C)c2c1. The lowest BCUT2D eigenvalue weighted by Gasteiger charge is -2.14. The molecule has 138 valence electrons. The summed E-state index contributed by atoms with van der Waals surface area (Å²) in [6.45, 7) is 0. The highest BCUT2D eigenvalue weighted by Crippen LogP contribution is 2.29. The number of hydrogen-bond donors (Lipinski definition) is 1. The highest BCUT2D eigenvalue weighted by molar-refractivity contribution is 7.87. The molecule has 27 heavy (non-hydrogen) atoms. The molecule has 1 heterocycles. The molecule has 0 unspecified atom stereocenters. The molecule has 2 N–H and O–H groups in total. The van der Waals surface area contributed by atoms with Crippen LogP contribution in [0.4, 0.5) is 10.3 Å². The second-order valence-electron chi connectivity index (χ2n) is 5.96. The lowest BCUT2D eigenvalue weighted by Crippen LogP contribution is -2.29. The summed E-state index contributed by atoms with van der Waals surface area (Å²) in [5.74, 6) is 1.89. The molecule has 1 aromatic heterocycles. The Bertz CT molecular complexity index is 1200. The number of aromatic nitrogens is 2. The van der Waals surface area contributed by atoms with Crippen LogP contribution in [0.3, 0.4) is 0 Å². The summed E-state index contributed by atoms with van der Waals surface area (Å²) >= 11 is 0. The van der Waals surface area contributed by atoms with Crippen molar-refractivity contribution < 1.29 is 12.8 Å². The highest BCUT2D eigenvalue weighted by atomic mass is 32.2. The Morgan fingerprint density at radius 3 is 2.59 bits per heavy atom. The van der Waals surface area contributed by atoms with Gasteiger partial charge in [0, 0.05) is 14.1 Å². The molecule has 2 aromatic carbocycles. The Labute approximate surface area is 156 Å². The molecule has 0 aliphatic rings. The van der Waals surface area contributed by atoms with E-state index in [1.54, 1.807) is 30.3 Å². The average Bonchev–Trinajstić information content (AvgIpc) is 2.95. The highest BCUT2D eigenvalue weighted by Gasteiger charge is 2.23. The molecule has 0 atom stereocenters. The van der Waals surface area contributed by atoms with Crippen LogP contribution in [0.15, 0.2) is 48.5 Å². The van der Waals surface area contributed by atoms with Gasteiger partial charge in [-0.05, 0) is 47.0 Å². The van der Waals surface area contributed by atoms with Gasteiger partial charge in [0.2, 0.25) is 5.95 Å². The zero-order valence-electron chi connectivity index (χ0n) is 14.7. The number of fused-ring (bicyclic) bond motifs is 1. The molecule has 0 saturated carbocycles. The second kappa shape index (κ2) is 6.87. The van der Waals surface area contributed by atoms with E-state index < -0.39 is 16.0 Å². The molecule has 0 saturated heterocycles. The van der Waals surface area contributed by atoms with Crippen molar-refractivity contribution in [3.63, 3.8) is 0 Å². The molecule has 6 nitrogen and oxygen atoms in total. The molecule has 0 aliphatic heterocycles. The van der Waals surface area contributed by atoms with E-state index in [1.807, 2.05) is 0 Å². The van der Waals surface area contributed by atoms with Crippen molar-refractivity contribution in [2.75, 3.05) is 19.8 Å². The lowest BCUT2D eigenvalue weighted by molar-refractivity contribution is 0.513. The monoisotopic (exact) mass is 384 g/mol. The molecule has 0 bridgehead atoms. The van der Waals surface area contributed by atoms with E-state index in [0.717, 1.165) is 8.28 Å². The van der Waals surface area contributed by atoms with Gasteiger partial charge < -0.3 is 5.73 Å². The number of imidazole rings is 1. The maximum atomic E-state index is 13.7. The minimum atomic E-state index is -3.87. The molecule has 0 radical (unpaired) electrons. The first-order chi connectivity index (χ1) is 12.8. The van der Waals surface area contributed by atoms with Gasteiger partial charge in [-0.15, -0.1) is 6.42 Å². The Balaban J connectivity index is 2.27. The van der Waals surface area contributed by atoms with Crippen molar-refractivity contribution in [3.8, 4) is 12.3 Å². The summed E-state index contributed by atoms with van der Waals surface area (Å²) in [7, 11) is -1.07. The zero-order valence-corrected chi connectivity index (χ0v) is 15.5. The van der Waals surface area contributed by atoms with Crippen LogP contribution in [0.2, 0.25) is 0 Å². The van der Waals surface area contributed by atoms with Crippen molar-refractivity contribution in [2.24, 2.45) is 0 Å². The first-order valence-electron chi connectivity index (χ1n) is 7.89. The number of anilines is 1. The fourth-order valence-electron chi connectivity index (χ4n) is 2.72. The Morgan fingerprint density at radius 2 is 1.96 bits per heavy atom. The number of hydrogen-bond acceptors (Lipinski definition) is 4. The van der Waals surface area contributed by atoms with Crippen molar-refractivity contribution >= 4 is 32.8 Å². The standard InChI is InChI=1S/C19H17FN4O2S/c1-4-6-16(13-7-5-8-15(20)11-13)14-9-10-17-18(12-14)24(19(21)22-17)27(25,26)23(2)3/h1,5-12H,2-3H3,(H2,21,22)/b16-6-. The first kappa shape index (κ1) is 18.6. The van der Waals surface area contributed by atoms with Crippen molar-refractivity contribution in [1.29, 1.82) is 0 Å². The Hall–Kier alpha value is -3.15. The predicted octanol–water partition coefficient (Wildman–Crippen LogP) is 2.48. The van der Waals surface area contributed by atoms with Crippen molar-refractivity contribution in [3.05, 3.63) is 65.5 Å². The van der Waals surface area contributed by atoms with E-state index in [2.05, 4.69) is 10.9 Å². The molecular formula is C19H17FN4O2S. The van der Waals surface area contributed by atoms with E-state index in [4.69, 9.17) is 12.2 Å². The summed E-state index contributed by atoms with van der Waals surface area (Å²) < 4.78 is 40.9. The van der Waals surface area contributed by atoms with Crippen LogP contribution in [0.5, 0.6) is 0 Å². The molecule has 0 spiro atoms. The molecule has 0 amide bonds. The number of nitrogen functional groups attached to an aromatic ring is 1. The van der Waals surface area contributed by atoms with E-state index >= 15 is 0 Å². The van der Waals surface area contributed by atoms with Crippen LogP contribution in [0, 0.1) is 18.2 Å². The molecule has 3 rings (SSSR count). The second-order valence-corrected chi connectivity index (χ2v) is 7.95. The maximum absolute atomic E-state index is 13.7. The molecule has 3 aromatic rings. The number of terminal acetylenes is 1. The Morgan fingerprint density at radius 1 is 1.26 bits per heavy atom. The molecule has 8 heteroatoms. The van der Waals surface area contributed by atoms with Crippen LogP contribution in [0.1, 0.15) is 11.1 Å². The van der Waals surface area contributed by atoms with Gasteiger partial charge in [0.15, 0.2) is 0 Å². The van der Waals surface area contributed by atoms with Gasteiger partial charge in [-0.2, -0.15) is 16.7 Å². The average molecular weight is 384 g/mol. The van der Waals surface area contributed by atoms with Gasteiger partial charge in [0.25, 0.3) is 0 Å². The van der Waals surface area contributed by atoms with Gasteiger partial charge in [-0.25, -0.2) is 9.37 Å². The van der Waals surface area contributed by atoms with Crippen molar-refractivity contribution in [1.82, 2.24) is 13.3 Å². The number of nitrogens with two attached hydrogens (primary N) is 1. The third-order valence-corrected chi connectivity index (χ3v) is 5.77. The third-order valence-electron chi connectivity index (χ3n) is 4.00. The summed E-state index contributed by atoms with van der Waals surface area (Å²) in [6, 6.07) is 11.0. The first-order valence-corrected chi connectivity index (χ1v) is 9.29. The van der Waals surface area contributed by atoms with Crippen LogP contribution in [-0.4, -0.2) is 35.8 Å². The summed E-state index contributed by atoms with van der Waals surface area (Å²) in [5, 5.41) is 0.